The van der Waals surface area contributed by atoms with E-state index in [-0.39, 0.29) is 6.04 Å². The highest BCUT2D eigenvalue weighted by Crippen LogP contribution is 2.31. The molecule has 0 aliphatic carbocycles. The molecule has 1 aliphatic heterocycles. The fourth-order valence-corrected chi connectivity index (χ4v) is 2.77. The molecule has 1 fully saturated rings. The van der Waals surface area contributed by atoms with Gasteiger partial charge in [-0.15, -0.1) is 0 Å². The van der Waals surface area contributed by atoms with Gasteiger partial charge in [0.1, 0.15) is 0 Å². The zero-order valence-corrected chi connectivity index (χ0v) is 11.8. The molecule has 1 aromatic rings. The molecule has 3 unspecified atom stereocenters. The van der Waals surface area contributed by atoms with Crippen LogP contribution in [0.4, 0.5) is 0 Å². The first-order chi connectivity index (χ1) is 9.93. The molecule has 2 amide bonds. The summed E-state index contributed by atoms with van der Waals surface area (Å²) in [6.07, 6.45) is 0. The first-order valence-corrected chi connectivity index (χ1v) is 6.76. The Balaban J connectivity index is 2.16. The third-order valence-electron chi connectivity index (χ3n) is 4.15. The van der Waals surface area contributed by atoms with Gasteiger partial charge in [-0.25, -0.2) is 0 Å². The molecule has 0 saturated carbocycles. The van der Waals surface area contributed by atoms with Gasteiger partial charge in [0.25, 0.3) is 0 Å². The van der Waals surface area contributed by atoms with E-state index in [2.05, 4.69) is 6.07 Å². The number of nitriles is 1. The lowest BCUT2D eigenvalue weighted by Gasteiger charge is -2.24. The van der Waals surface area contributed by atoms with Crippen molar-refractivity contribution < 1.29 is 9.59 Å². The predicted octanol–water partition coefficient (Wildman–Crippen LogP) is 0.138. The summed E-state index contributed by atoms with van der Waals surface area (Å²) >= 11 is 0. The van der Waals surface area contributed by atoms with E-state index in [1.807, 2.05) is 24.0 Å². The van der Waals surface area contributed by atoms with Gasteiger partial charge in [0.2, 0.25) is 11.8 Å². The number of carbonyl (C=O) groups is 2. The van der Waals surface area contributed by atoms with Crippen molar-refractivity contribution in [3.63, 3.8) is 0 Å². The molecule has 1 heterocycles. The molecular weight excluding hydrogens is 268 g/mol. The Kier molecular flexibility index (Phi) is 4.24. The summed E-state index contributed by atoms with van der Waals surface area (Å²) < 4.78 is 0. The Morgan fingerprint density at radius 1 is 1.19 bits per heavy atom. The highest BCUT2D eigenvalue weighted by molar-refractivity contribution is 5.87. The van der Waals surface area contributed by atoms with E-state index in [1.54, 1.807) is 12.1 Å². The highest BCUT2D eigenvalue weighted by Gasteiger charge is 2.41. The minimum absolute atomic E-state index is 0.0175. The number of primary amides is 2. The molecule has 21 heavy (non-hydrogen) atoms. The fourth-order valence-electron chi connectivity index (χ4n) is 2.77. The number of hydrogen-bond donors (Lipinski definition) is 2. The number of rotatable bonds is 4. The van der Waals surface area contributed by atoms with Crippen LogP contribution in [0.2, 0.25) is 0 Å². The standard InChI is InChI=1S/C15H18N4O2/c1-9(11-4-2-10(6-16)3-5-11)19-7-12(14(17)20)13(8-19)15(18)21/h2-5,9,12-13H,7-8H2,1H3,(H2,17,20)(H2,18,21). The monoisotopic (exact) mass is 286 g/mol. The minimum Gasteiger partial charge on any atom is -0.369 e. The van der Waals surface area contributed by atoms with Crippen LogP contribution < -0.4 is 11.5 Å². The van der Waals surface area contributed by atoms with Gasteiger partial charge >= 0.3 is 0 Å². The summed E-state index contributed by atoms with van der Waals surface area (Å²) in [6.45, 7) is 2.83. The Morgan fingerprint density at radius 2 is 1.67 bits per heavy atom. The second kappa shape index (κ2) is 5.94. The molecule has 1 saturated heterocycles. The molecular formula is C15H18N4O2. The van der Waals surface area contributed by atoms with Crippen LogP contribution in [-0.4, -0.2) is 29.8 Å². The van der Waals surface area contributed by atoms with E-state index < -0.39 is 23.7 Å². The smallest absolute Gasteiger partial charge is 0.222 e. The fraction of sp³-hybridized carbons (Fsp3) is 0.400. The summed E-state index contributed by atoms with van der Waals surface area (Å²) in [7, 11) is 0. The lowest BCUT2D eigenvalue weighted by Crippen LogP contribution is -2.36. The molecule has 2 rings (SSSR count). The molecule has 4 N–H and O–H groups in total. The average Bonchev–Trinajstić information content (AvgIpc) is 2.92. The Bertz CT molecular complexity index is 569. The van der Waals surface area contributed by atoms with E-state index in [9.17, 15) is 9.59 Å². The second-order valence-corrected chi connectivity index (χ2v) is 5.38. The molecule has 1 aromatic carbocycles. The van der Waals surface area contributed by atoms with Gasteiger partial charge in [0, 0.05) is 19.1 Å². The zero-order valence-electron chi connectivity index (χ0n) is 11.8. The largest absolute Gasteiger partial charge is 0.369 e. The summed E-state index contributed by atoms with van der Waals surface area (Å²) in [5.74, 6) is -2.06. The van der Waals surface area contributed by atoms with Crippen molar-refractivity contribution in [2.45, 2.75) is 13.0 Å². The van der Waals surface area contributed by atoms with Gasteiger partial charge in [-0.1, -0.05) is 12.1 Å². The zero-order chi connectivity index (χ0) is 15.6. The van der Waals surface area contributed by atoms with Crippen LogP contribution in [0.5, 0.6) is 0 Å². The Labute approximate surface area is 123 Å². The minimum atomic E-state index is -0.539. The molecule has 0 bridgehead atoms. The van der Waals surface area contributed by atoms with Crippen LogP contribution in [0.25, 0.3) is 0 Å². The maximum absolute atomic E-state index is 11.5. The lowest BCUT2D eigenvalue weighted by atomic mass is 9.95. The van der Waals surface area contributed by atoms with Crippen LogP contribution in [-0.2, 0) is 9.59 Å². The van der Waals surface area contributed by atoms with Crippen LogP contribution in [0.3, 0.4) is 0 Å². The topological polar surface area (TPSA) is 113 Å². The molecule has 0 spiro atoms. The van der Waals surface area contributed by atoms with Crippen LogP contribution in [0.1, 0.15) is 24.1 Å². The van der Waals surface area contributed by atoms with Gasteiger partial charge in [0.15, 0.2) is 0 Å². The van der Waals surface area contributed by atoms with E-state index in [1.165, 1.54) is 0 Å². The maximum atomic E-state index is 11.5. The van der Waals surface area contributed by atoms with Gasteiger partial charge in [-0.2, -0.15) is 5.26 Å². The summed E-state index contributed by atoms with van der Waals surface area (Å²) in [4.78, 5) is 24.9. The Hall–Kier alpha value is -2.39. The summed E-state index contributed by atoms with van der Waals surface area (Å²) in [5.41, 5.74) is 12.3. The first-order valence-electron chi connectivity index (χ1n) is 6.76. The highest BCUT2D eigenvalue weighted by atomic mass is 16.2. The molecule has 6 nitrogen and oxygen atoms in total. The van der Waals surface area contributed by atoms with Crippen molar-refractivity contribution in [1.82, 2.24) is 4.90 Å². The maximum Gasteiger partial charge on any atom is 0.222 e. The average molecular weight is 286 g/mol. The molecule has 6 heteroatoms. The third-order valence-corrected chi connectivity index (χ3v) is 4.15. The molecule has 3 atom stereocenters. The second-order valence-electron chi connectivity index (χ2n) is 5.38. The molecule has 0 radical (unpaired) electrons. The van der Waals surface area contributed by atoms with Gasteiger partial charge in [0.05, 0.1) is 23.5 Å². The number of nitrogens with two attached hydrogens (primary N) is 2. The van der Waals surface area contributed by atoms with E-state index >= 15 is 0 Å². The number of carbonyl (C=O) groups excluding carboxylic acids is 2. The number of nitrogens with zero attached hydrogens (tertiary/aromatic N) is 2. The molecule has 1 aliphatic rings. The molecule has 0 aromatic heterocycles. The summed E-state index contributed by atoms with van der Waals surface area (Å²) in [5, 5.41) is 8.81. The first kappa shape index (κ1) is 15.0. The lowest BCUT2D eigenvalue weighted by molar-refractivity contribution is -0.129. The van der Waals surface area contributed by atoms with Crippen molar-refractivity contribution in [2.24, 2.45) is 23.3 Å². The van der Waals surface area contributed by atoms with Gasteiger partial charge in [-0.05, 0) is 24.6 Å². The van der Waals surface area contributed by atoms with Gasteiger partial charge < -0.3 is 11.5 Å². The predicted molar refractivity (Wildman–Crippen MR) is 76.5 cm³/mol. The number of benzene rings is 1. The van der Waals surface area contributed by atoms with Crippen molar-refractivity contribution in [3.8, 4) is 6.07 Å². The third kappa shape index (κ3) is 3.03. The van der Waals surface area contributed by atoms with Crippen molar-refractivity contribution >= 4 is 11.8 Å². The quantitative estimate of drug-likeness (QED) is 0.819. The van der Waals surface area contributed by atoms with Crippen molar-refractivity contribution in [3.05, 3.63) is 35.4 Å². The summed E-state index contributed by atoms with van der Waals surface area (Å²) in [6, 6.07) is 9.34. The van der Waals surface area contributed by atoms with Crippen LogP contribution >= 0.6 is 0 Å². The normalized spacial score (nSPS) is 23.4. The van der Waals surface area contributed by atoms with E-state index in [0.717, 1.165) is 5.56 Å². The van der Waals surface area contributed by atoms with Crippen molar-refractivity contribution in [1.29, 1.82) is 5.26 Å². The van der Waals surface area contributed by atoms with E-state index in [0.29, 0.717) is 18.7 Å². The number of likely N-dealkylation sites (tertiary alicyclic amines) is 1. The SMILES string of the molecule is CC(c1ccc(C#N)cc1)N1CC(C(N)=O)C(C(N)=O)C1. The molecule has 110 valence electrons. The van der Waals surface area contributed by atoms with Crippen LogP contribution in [0.15, 0.2) is 24.3 Å². The van der Waals surface area contributed by atoms with E-state index in [4.69, 9.17) is 16.7 Å². The van der Waals surface area contributed by atoms with Crippen LogP contribution in [0, 0.1) is 23.2 Å². The van der Waals surface area contributed by atoms with Crippen molar-refractivity contribution in [2.75, 3.05) is 13.1 Å². The van der Waals surface area contributed by atoms with Gasteiger partial charge in [-0.3, -0.25) is 14.5 Å². The number of amides is 2. The number of hydrogen-bond acceptors (Lipinski definition) is 4. The Morgan fingerprint density at radius 3 is 2.05 bits per heavy atom.